The van der Waals surface area contributed by atoms with Gasteiger partial charge in [0.1, 0.15) is 6.29 Å². The number of aldehydes is 1. The lowest BCUT2D eigenvalue weighted by Crippen LogP contribution is -2.25. The van der Waals surface area contributed by atoms with Crippen LogP contribution in [0.4, 0.5) is 0 Å². The largest absolute Gasteiger partial charge is 0.390 e. The van der Waals surface area contributed by atoms with Crippen LogP contribution < -0.4 is 0 Å². The monoisotopic (exact) mass is 462 g/mol. The standard InChI is InChI=1S/C30H54O3/c1-22(2)13-10-14-24(5)15-11-16-25(6)17-12-19-30(9,33)20-18-28(26(7)21-31)29(32)27(8)23(3)4/h21-22,24-25,33H,10-20H2,1-9H3/b28-26-. The summed E-state index contributed by atoms with van der Waals surface area (Å²) in [5.41, 5.74) is 1.84. The van der Waals surface area contributed by atoms with Crippen LogP contribution in [0.2, 0.25) is 0 Å². The molecule has 0 aliphatic heterocycles. The van der Waals surface area contributed by atoms with Crippen molar-refractivity contribution in [2.75, 3.05) is 0 Å². The molecule has 0 saturated carbocycles. The van der Waals surface area contributed by atoms with Crippen LogP contribution in [0.5, 0.6) is 0 Å². The quantitative estimate of drug-likeness (QED) is 0.164. The van der Waals surface area contributed by atoms with E-state index in [1.165, 1.54) is 38.5 Å². The molecule has 3 heteroatoms. The molecule has 1 N–H and O–H groups in total. The topological polar surface area (TPSA) is 54.4 Å². The molecule has 0 rings (SSSR count). The van der Waals surface area contributed by atoms with Crippen molar-refractivity contribution >= 4 is 12.1 Å². The van der Waals surface area contributed by atoms with Crippen molar-refractivity contribution in [3.05, 3.63) is 22.3 Å². The molecule has 0 aromatic rings. The zero-order chi connectivity index (χ0) is 25.6. The first-order valence-electron chi connectivity index (χ1n) is 13.4. The van der Waals surface area contributed by atoms with Crippen molar-refractivity contribution in [3.8, 4) is 0 Å². The third kappa shape index (κ3) is 14.6. The van der Waals surface area contributed by atoms with Gasteiger partial charge in [-0.1, -0.05) is 84.6 Å². The minimum atomic E-state index is -0.821. The van der Waals surface area contributed by atoms with E-state index in [1.54, 1.807) is 6.92 Å². The highest BCUT2D eigenvalue weighted by molar-refractivity contribution is 6.10. The number of rotatable bonds is 18. The Morgan fingerprint density at radius 2 is 1.30 bits per heavy atom. The lowest BCUT2D eigenvalue weighted by Gasteiger charge is -2.25. The molecule has 0 amide bonds. The smallest absolute Gasteiger partial charge is 0.185 e. The van der Waals surface area contributed by atoms with Gasteiger partial charge < -0.3 is 5.11 Å². The van der Waals surface area contributed by atoms with Crippen LogP contribution in [0.25, 0.3) is 0 Å². The zero-order valence-corrected chi connectivity index (χ0v) is 23.4. The summed E-state index contributed by atoms with van der Waals surface area (Å²) in [7, 11) is 0. The molecular formula is C30H54O3. The van der Waals surface area contributed by atoms with E-state index in [1.807, 2.05) is 27.7 Å². The van der Waals surface area contributed by atoms with E-state index < -0.39 is 5.60 Å². The van der Waals surface area contributed by atoms with Gasteiger partial charge in [-0.3, -0.25) is 9.59 Å². The van der Waals surface area contributed by atoms with Gasteiger partial charge in [0.05, 0.1) is 5.60 Å². The minimum absolute atomic E-state index is 0.0672. The van der Waals surface area contributed by atoms with Gasteiger partial charge in [0.25, 0.3) is 0 Å². The minimum Gasteiger partial charge on any atom is -0.390 e. The average Bonchev–Trinajstić information content (AvgIpc) is 2.72. The van der Waals surface area contributed by atoms with Gasteiger partial charge in [0.15, 0.2) is 5.78 Å². The number of carbonyl (C=O) groups excluding carboxylic acids is 2. The molecule has 3 atom stereocenters. The molecule has 3 unspecified atom stereocenters. The fraction of sp³-hybridized carbons (Fsp3) is 0.800. The fourth-order valence-electron chi connectivity index (χ4n) is 4.34. The van der Waals surface area contributed by atoms with E-state index in [0.29, 0.717) is 35.5 Å². The SMILES string of the molecule is CC(C)=C(C)C(=O)/C(CCC(C)(O)CCCC(C)CCCC(C)CCCC(C)C)=C(/C)C=O. The van der Waals surface area contributed by atoms with Gasteiger partial charge in [0.2, 0.25) is 0 Å². The molecule has 3 nitrogen and oxygen atoms in total. The Morgan fingerprint density at radius 1 is 0.818 bits per heavy atom. The van der Waals surface area contributed by atoms with Gasteiger partial charge in [-0.05, 0) is 82.8 Å². The molecule has 0 aromatic heterocycles. The van der Waals surface area contributed by atoms with Gasteiger partial charge >= 0.3 is 0 Å². The normalized spacial score (nSPS) is 16.1. The maximum atomic E-state index is 12.8. The molecular weight excluding hydrogens is 408 g/mol. The number of hydrogen-bond donors (Lipinski definition) is 1. The van der Waals surface area contributed by atoms with Crippen molar-refractivity contribution in [1.29, 1.82) is 0 Å². The summed E-state index contributed by atoms with van der Waals surface area (Å²) in [5, 5.41) is 10.9. The maximum absolute atomic E-state index is 12.8. The van der Waals surface area contributed by atoms with E-state index in [-0.39, 0.29) is 5.78 Å². The van der Waals surface area contributed by atoms with Crippen LogP contribution >= 0.6 is 0 Å². The second-order valence-electron chi connectivity index (χ2n) is 11.6. The lowest BCUT2D eigenvalue weighted by molar-refractivity contribution is -0.113. The van der Waals surface area contributed by atoms with Crippen LogP contribution in [-0.4, -0.2) is 22.8 Å². The van der Waals surface area contributed by atoms with Crippen LogP contribution in [-0.2, 0) is 9.59 Å². The van der Waals surface area contributed by atoms with Gasteiger partial charge in [-0.25, -0.2) is 0 Å². The highest BCUT2D eigenvalue weighted by Gasteiger charge is 2.24. The Morgan fingerprint density at radius 3 is 1.76 bits per heavy atom. The number of allylic oxidation sites excluding steroid dienone is 4. The summed E-state index contributed by atoms with van der Waals surface area (Å²) in [4.78, 5) is 24.1. The molecule has 0 aliphatic carbocycles. The zero-order valence-electron chi connectivity index (χ0n) is 23.4. The molecule has 0 spiro atoms. The predicted molar refractivity (Wildman–Crippen MR) is 142 cm³/mol. The van der Waals surface area contributed by atoms with Crippen LogP contribution in [0.1, 0.15) is 133 Å². The molecule has 0 aliphatic rings. The number of aliphatic hydroxyl groups is 1. The van der Waals surface area contributed by atoms with E-state index in [0.717, 1.165) is 43.0 Å². The fourth-order valence-corrected chi connectivity index (χ4v) is 4.34. The van der Waals surface area contributed by atoms with Crippen molar-refractivity contribution in [3.63, 3.8) is 0 Å². The van der Waals surface area contributed by atoms with Crippen molar-refractivity contribution in [2.45, 2.75) is 139 Å². The Balaban J connectivity index is 4.44. The summed E-state index contributed by atoms with van der Waals surface area (Å²) < 4.78 is 0. The van der Waals surface area contributed by atoms with Crippen molar-refractivity contribution < 1.29 is 14.7 Å². The molecule has 33 heavy (non-hydrogen) atoms. The van der Waals surface area contributed by atoms with Crippen molar-refractivity contribution in [2.24, 2.45) is 17.8 Å². The second-order valence-corrected chi connectivity index (χ2v) is 11.6. The first-order chi connectivity index (χ1) is 15.3. The lowest BCUT2D eigenvalue weighted by atomic mass is 9.86. The summed E-state index contributed by atoms with van der Waals surface area (Å²) >= 11 is 0. The van der Waals surface area contributed by atoms with Crippen LogP contribution in [0.15, 0.2) is 22.3 Å². The van der Waals surface area contributed by atoms with E-state index >= 15 is 0 Å². The molecule has 0 heterocycles. The number of carbonyl (C=O) groups is 2. The molecule has 0 fully saturated rings. The second kappa shape index (κ2) is 16.4. The Bertz CT molecular complexity index is 647. The third-order valence-electron chi connectivity index (χ3n) is 7.22. The molecule has 0 bridgehead atoms. The number of hydrogen-bond acceptors (Lipinski definition) is 3. The molecule has 0 radical (unpaired) electrons. The predicted octanol–water partition coefficient (Wildman–Crippen LogP) is 8.40. The van der Waals surface area contributed by atoms with E-state index in [2.05, 4.69) is 27.7 Å². The van der Waals surface area contributed by atoms with Crippen LogP contribution in [0, 0.1) is 17.8 Å². The van der Waals surface area contributed by atoms with Gasteiger partial charge in [-0.15, -0.1) is 0 Å². The molecule has 0 saturated heterocycles. The third-order valence-corrected chi connectivity index (χ3v) is 7.22. The number of ketones is 1. The van der Waals surface area contributed by atoms with Gasteiger partial charge in [-0.2, -0.15) is 0 Å². The Labute approximate surface area is 205 Å². The van der Waals surface area contributed by atoms with E-state index in [4.69, 9.17) is 0 Å². The van der Waals surface area contributed by atoms with E-state index in [9.17, 15) is 14.7 Å². The summed E-state index contributed by atoms with van der Waals surface area (Å²) in [6.07, 6.45) is 12.5. The summed E-state index contributed by atoms with van der Waals surface area (Å²) in [5.74, 6) is 2.25. The number of Topliss-reactive ketones (excluding diaryl/α,β-unsaturated/α-hetero) is 1. The Kier molecular flexibility index (Phi) is 15.8. The Hall–Kier alpha value is -1.22. The first kappa shape index (κ1) is 31.8. The maximum Gasteiger partial charge on any atom is 0.185 e. The summed E-state index contributed by atoms with van der Waals surface area (Å²) in [6.45, 7) is 18.5. The summed E-state index contributed by atoms with van der Waals surface area (Å²) in [6, 6.07) is 0. The molecule has 0 aromatic carbocycles. The first-order valence-corrected chi connectivity index (χ1v) is 13.4. The van der Waals surface area contributed by atoms with Crippen LogP contribution in [0.3, 0.4) is 0 Å². The van der Waals surface area contributed by atoms with Crippen molar-refractivity contribution in [1.82, 2.24) is 0 Å². The highest BCUT2D eigenvalue weighted by atomic mass is 16.3. The average molecular weight is 463 g/mol. The highest BCUT2D eigenvalue weighted by Crippen LogP contribution is 2.27. The van der Waals surface area contributed by atoms with Gasteiger partial charge in [0, 0.05) is 5.57 Å². The molecule has 192 valence electrons.